The molecule has 8 heteroatoms. The minimum Gasteiger partial charge on any atom is -0.493 e. The Kier molecular flexibility index (Phi) is 8.30. The van der Waals surface area contributed by atoms with Gasteiger partial charge >= 0.3 is 0 Å². The molecule has 3 aromatic rings. The SMILES string of the molecule is COc1cccc(CNCCNc2ccc([N+](=O)[O-])cc2Cl)c1OCc1ccc(C)cc1. The monoisotopic (exact) mass is 455 g/mol. The van der Waals surface area contributed by atoms with Crippen LogP contribution in [0.2, 0.25) is 5.02 Å². The normalized spacial score (nSPS) is 10.6. The molecule has 0 aliphatic rings. The van der Waals surface area contributed by atoms with Crippen molar-refractivity contribution in [3.05, 3.63) is 92.5 Å². The first kappa shape index (κ1) is 23.4. The number of anilines is 1. The molecule has 0 spiro atoms. The van der Waals surface area contributed by atoms with Crippen molar-refractivity contribution in [1.29, 1.82) is 0 Å². The average Bonchev–Trinajstić information content (AvgIpc) is 2.79. The third-order valence-electron chi connectivity index (χ3n) is 4.88. The number of rotatable bonds is 11. The molecule has 0 radical (unpaired) electrons. The molecule has 0 heterocycles. The number of nitro benzene ring substituents is 1. The number of benzene rings is 3. The molecule has 2 N–H and O–H groups in total. The fourth-order valence-corrected chi connectivity index (χ4v) is 3.38. The van der Waals surface area contributed by atoms with Crippen molar-refractivity contribution in [2.75, 3.05) is 25.5 Å². The number of hydrogen-bond acceptors (Lipinski definition) is 6. The van der Waals surface area contributed by atoms with E-state index in [4.69, 9.17) is 21.1 Å². The van der Waals surface area contributed by atoms with Crippen LogP contribution >= 0.6 is 11.6 Å². The largest absolute Gasteiger partial charge is 0.493 e. The van der Waals surface area contributed by atoms with Gasteiger partial charge in [0.05, 0.1) is 22.7 Å². The van der Waals surface area contributed by atoms with Gasteiger partial charge in [-0.1, -0.05) is 53.6 Å². The van der Waals surface area contributed by atoms with E-state index in [9.17, 15) is 10.1 Å². The molecule has 0 saturated heterocycles. The summed E-state index contributed by atoms with van der Waals surface area (Å²) in [6, 6.07) is 18.4. The predicted octanol–water partition coefficient (Wildman–Crippen LogP) is 5.35. The van der Waals surface area contributed by atoms with Crippen molar-refractivity contribution in [2.45, 2.75) is 20.1 Å². The number of para-hydroxylation sites is 1. The smallest absolute Gasteiger partial charge is 0.271 e. The van der Waals surface area contributed by atoms with Crippen molar-refractivity contribution in [1.82, 2.24) is 5.32 Å². The van der Waals surface area contributed by atoms with Gasteiger partial charge in [0, 0.05) is 37.3 Å². The first-order chi connectivity index (χ1) is 15.5. The van der Waals surface area contributed by atoms with Crippen LogP contribution < -0.4 is 20.1 Å². The molecule has 0 amide bonds. The molecule has 168 valence electrons. The number of non-ortho nitro benzene ring substituents is 1. The van der Waals surface area contributed by atoms with Gasteiger partial charge in [-0.2, -0.15) is 0 Å². The lowest BCUT2D eigenvalue weighted by Crippen LogP contribution is -2.22. The summed E-state index contributed by atoms with van der Waals surface area (Å²) in [6.45, 7) is 4.35. The fourth-order valence-electron chi connectivity index (χ4n) is 3.13. The minimum atomic E-state index is -0.468. The van der Waals surface area contributed by atoms with Crippen LogP contribution in [0.15, 0.2) is 60.7 Å². The molecule has 0 aromatic heterocycles. The van der Waals surface area contributed by atoms with E-state index in [2.05, 4.69) is 41.8 Å². The highest BCUT2D eigenvalue weighted by Crippen LogP contribution is 2.32. The molecular formula is C24H26ClN3O4. The third kappa shape index (κ3) is 6.35. The number of nitrogens with zero attached hydrogens (tertiary/aromatic N) is 1. The molecule has 3 rings (SSSR count). The molecule has 0 unspecified atom stereocenters. The molecule has 0 aliphatic carbocycles. The first-order valence-corrected chi connectivity index (χ1v) is 10.6. The number of nitro groups is 1. The highest BCUT2D eigenvalue weighted by molar-refractivity contribution is 6.33. The third-order valence-corrected chi connectivity index (χ3v) is 5.19. The van der Waals surface area contributed by atoms with E-state index in [0.29, 0.717) is 42.7 Å². The number of halogens is 1. The lowest BCUT2D eigenvalue weighted by molar-refractivity contribution is -0.384. The van der Waals surface area contributed by atoms with Gasteiger partial charge in [-0.05, 0) is 24.6 Å². The highest BCUT2D eigenvalue weighted by atomic mass is 35.5. The Morgan fingerprint density at radius 1 is 1.06 bits per heavy atom. The summed E-state index contributed by atoms with van der Waals surface area (Å²) in [5.74, 6) is 1.40. The predicted molar refractivity (Wildman–Crippen MR) is 127 cm³/mol. The fraction of sp³-hybridized carbons (Fsp3) is 0.250. The van der Waals surface area contributed by atoms with Crippen LogP contribution in [0.5, 0.6) is 11.5 Å². The van der Waals surface area contributed by atoms with Crippen LogP contribution in [0, 0.1) is 17.0 Å². The summed E-state index contributed by atoms with van der Waals surface area (Å²) >= 11 is 6.11. The molecule has 32 heavy (non-hydrogen) atoms. The standard InChI is InChI=1S/C24H26ClN3O4/c1-17-6-8-18(9-7-17)16-32-24-19(4-3-5-23(24)31-2)15-26-12-13-27-22-11-10-20(28(29)30)14-21(22)25/h3-11,14,26-27H,12-13,15-16H2,1-2H3. The zero-order chi connectivity index (χ0) is 22.9. The summed E-state index contributed by atoms with van der Waals surface area (Å²) in [4.78, 5) is 10.3. The van der Waals surface area contributed by atoms with Crippen LogP contribution in [0.1, 0.15) is 16.7 Å². The first-order valence-electron chi connectivity index (χ1n) is 10.2. The van der Waals surface area contributed by atoms with Crippen LogP contribution in [0.3, 0.4) is 0 Å². The minimum absolute atomic E-state index is 0.0325. The summed E-state index contributed by atoms with van der Waals surface area (Å²) in [7, 11) is 1.63. The Labute approximate surface area is 192 Å². The van der Waals surface area contributed by atoms with Gasteiger partial charge < -0.3 is 20.1 Å². The van der Waals surface area contributed by atoms with Crippen LogP contribution in [0.4, 0.5) is 11.4 Å². The second-order valence-corrected chi connectivity index (χ2v) is 7.65. The van der Waals surface area contributed by atoms with Crippen molar-refractivity contribution < 1.29 is 14.4 Å². The van der Waals surface area contributed by atoms with Gasteiger partial charge in [0.25, 0.3) is 5.69 Å². The number of hydrogen-bond donors (Lipinski definition) is 2. The van der Waals surface area contributed by atoms with Gasteiger partial charge in [0.1, 0.15) is 6.61 Å². The van der Waals surface area contributed by atoms with Crippen molar-refractivity contribution in [2.24, 2.45) is 0 Å². The van der Waals surface area contributed by atoms with Gasteiger partial charge in [-0.3, -0.25) is 10.1 Å². The van der Waals surface area contributed by atoms with Gasteiger partial charge in [0.2, 0.25) is 0 Å². The quantitative estimate of drug-likeness (QED) is 0.230. The van der Waals surface area contributed by atoms with E-state index in [-0.39, 0.29) is 5.69 Å². The molecule has 0 fully saturated rings. The van der Waals surface area contributed by atoms with Crippen LogP contribution in [-0.2, 0) is 13.2 Å². The van der Waals surface area contributed by atoms with Gasteiger partial charge in [-0.25, -0.2) is 0 Å². The van der Waals surface area contributed by atoms with Crippen molar-refractivity contribution in [3.8, 4) is 11.5 Å². The zero-order valence-corrected chi connectivity index (χ0v) is 18.8. The van der Waals surface area contributed by atoms with E-state index in [1.54, 1.807) is 13.2 Å². The number of ether oxygens (including phenoxy) is 2. The average molecular weight is 456 g/mol. The number of nitrogens with one attached hydrogen (secondary N) is 2. The molecule has 0 bridgehead atoms. The second-order valence-electron chi connectivity index (χ2n) is 7.25. The molecule has 0 saturated carbocycles. The molecule has 0 aliphatic heterocycles. The van der Waals surface area contributed by atoms with Gasteiger partial charge in [0.15, 0.2) is 11.5 Å². The van der Waals surface area contributed by atoms with E-state index >= 15 is 0 Å². The Morgan fingerprint density at radius 2 is 1.84 bits per heavy atom. The zero-order valence-electron chi connectivity index (χ0n) is 18.1. The molecular weight excluding hydrogens is 430 g/mol. The summed E-state index contributed by atoms with van der Waals surface area (Å²) in [5.41, 5.74) is 3.91. The van der Waals surface area contributed by atoms with Gasteiger partial charge in [-0.15, -0.1) is 0 Å². The summed E-state index contributed by atoms with van der Waals surface area (Å²) < 4.78 is 11.6. The van der Waals surface area contributed by atoms with E-state index in [1.165, 1.54) is 17.7 Å². The van der Waals surface area contributed by atoms with Crippen LogP contribution in [-0.4, -0.2) is 25.1 Å². The topological polar surface area (TPSA) is 85.7 Å². The molecule has 0 atom stereocenters. The van der Waals surface area contributed by atoms with Crippen molar-refractivity contribution in [3.63, 3.8) is 0 Å². The Morgan fingerprint density at radius 3 is 2.53 bits per heavy atom. The Bertz CT molecular complexity index is 1060. The molecule has 3 aromatic carbocycles. The lowest BCUT2D eigenvalue weighted by Gasteiger charge is -2.16. The van der Waals surface area contributed by atoms with Crippen molar-refractivity contribution >= 4 is 23.0 Å². The van der Waals surface area contributed by atoms with E-state index in [1.807, 2.05) is 18.2 Å². The maximum Gasteiger partial charge on any atom is 0.271 e. The maximum absolute atomic E-state index is 10.8. The maximum atomic E-state index is 10.8. The lowest BCUT2D eigenvalue weighted by atomic mass is 10.1. The second kappa shape index (κ2) is 11.4. The van der Waals surface area contributed by atoms with E-state index < -0.39 is 4.92 Å². The Hall–Kier alpha value is -3.29. The number of aryl methyl sites for hydroxylation is 1. The number of methoxy groups -OCH3 is 1. The Balaban J connectivity index is 1.54. The summed E-state index contributed by atoms with van der Waals surface area (Å²) in [5, 5.41) is 17.7. The molecule has 7 nitrogen and oxygen atoms in total. The summed E-state index contributed by atoms with van der Waals surface area (Å²) in [6.07, 6.45) is 0. The van der Waals surface area contributed by atoms with E-state index in [0.717, 1.165) is 16.9 Å². The highest BCUT2D eigenvalue weighted by Gasteiger charge is 2.11. The van der Waals surface area contributed by atoms with Crippen LogP contribution in [0.25, 0.3) is 0 Å².